The fourth-order valence-corrected chi connectivity index (χ4v) is 2.92. The molecule has 6 heteroatoms. The topological polar surface area (TPSA) is 79.4 Å². The molecule has 0 saturated carbocycles. The maximum Gasteiger partial charge on any atom is 0.239 e. The van der Waals surface area contributed by atoms with Gasteiger partial charge in [-0.25, -0.2) is 0 Å². The number of imide groups is 1. The van der Waals surface area contributed by atoms with Crippen LogP contribution in [0.5, 0.6) is 0 Å². The van der Waals surface area contributed by atoms with Gasteiger partial charge in [0, 0.05) is 0 Å². The maximum atomic E-state index is 12.3. The van der Waals surface area contributed by atoms with Crippen LogP contribution < -0.4 is 0 Å². The van der Waals surface area contributed by atoms with Crippen LogP contribution >= 0.6 is 0 Å². The van der Waals surface area contributed by atoms with E-state index in [1.165, 1.54) is 4.90 Å². The van der Waals surface area contributed by atoms with Gasteiger partial charge in [0.25, 0.3) is 0 Å². The van der Waals surface area contributed by atoms with Gasteiger partial charge in [0.15, 0.2) is 0 Å². The molecule has 3 aliphatic rings. The second kappa shape index (κ2) is 4.40. The number of amides is 2. The van der Waals surface area contributed by atoms with E-state index < -0.39 is 5.60 Å². The van der Waals surface area contributed by atoms with E-state index in [0.29, 0.717) is 0 Å². The lowest BCUT2D eigenvalue weighted by molar-refractivity contribution is -0.150. The number of nitrogens with zero attached hydrogens (tertiary/aromatic N) is 1. The van der Waals surface area contributed by atoms with Gasteiger partial charge in [0.05, 0.1) is 38.2 Å². The van der Waals surface area contributed by atoms with E-state index in [-0.39, 0.29) is 56.1 Å². The molecule has 3 rings (SSSR count). The van der Waals surface area contributed by atoms with Crippen molar-refractivity contribution < 1.29 is 24.2 Å². The fourth-order valence-electron chi connectivity index (χ4n) is 2.92. The Morgan fingerprint density at radius 2 is 2.21 bits per heavy atom. The summed E-state index contributed by atoms with van der Waals surface area (Å²) < 4.78 is 10.7. The molecule has 104 valence electrons. The molecule has 0 radical (unpaired) electrons. The highest BCUT2D eigenvalue weighted by Gasteiger charge is 2.70. The largest absolute Gasteiger partial charge is 0.394 e. The molecular formula is C13H17NO5. The molecule has 2 saturated heterocycles. The molecule has 1 N–H and O–H groups in total. The standard InChI is InChI=1S/C13H17NO5/c1-8-10-13(19-10)3-2-9(13)12(17)14(11(8)16)4-6-18-7-5-15/h2-3,8-10,15H,4-7H2,1H3. The molecule has 0 aromatic heterocycles. The van der Waals surface area contributed by atoms with Gasteiger partial charge in [-0.1, -0.05) is 19.1 Å². The Bertz CT molecular complexity index is 448. The van der Waals surface area contributed by atoms with Crippen LogP contribution in [0.4, 0.5) is 0 Å². The number of rotatable bonds is 5. The summed E-state index contributed by atoms with van der Waals surface area (Å²) in [5.41, 5.74) is -0.507. The van der Waals surface area contributed by atoms with Crippen molar-refractivity contribution in [3.8, 4) is 0 Å². The van der Waals surface area contributed by atoms with E-state index >= 15 is 0 Å². The molecule has 2 aliphatic heterocycles. The highest BCUT2D eigenvalue weighted by Crippen LogP contribution is 2.56. The zero-order valence-electron chi connectivity index (χ0n) is 10.7. The first-order chi connectivity index (χ1) is 9.12. The smallest absolute Gasteiger partial charge is 0.239 e. The van der Waals surface area contributed by atoms with Crippen LogP contribution in [-0.4, -0.2) is 59.9 Å². The molecule has 1 spiro atoms. The Morgan fingerprint density at radius 1 is 1.42 bits per heavy atom. The van der Waals surface area contributed by atoms with Crippen molar-refractivity contribution in [3.05, 3.63) is 12.2 Å². The molecular weight excluding hydrogens is 250 g/mol. The molecule has 1 aliphatic carbocycles. The molecule has 2 amide bonds. The van der Waals surface area contributed by atoms with Crippen LogP contribution in [0.1, 0.15) is 6.92 Å². The summed E-state index contributed by atoms with van der Waals surface area (Å²) >= 11 is 0. The van der Waals surface area contributed by atoms with E-state index in [9.17, 15) is 9.59 Å². The van der Waals surface area contributed by atoms with Gasteiger partial charge in [0.1, 0.15) is 11.7 Å². The van der Waals surface area contributed by atoms with Crippen molar-refractivity contribution in [3.63, 3.8) is 0 Å². The first-order valence-electron chi connectivity index (χ1n) is 6.53. The first kappa shape index (κ1) is 12.8. The molecule has 4 atom stereocenters. The van der Waals surface area contributed by atoms with Crippen molar-refractivity contribution in [2.24, 2.45) is 11.8 Å². The van der Waals surface area contributed by atoms with Crippen molar-refractivity contribution in [2.45, 2.75) is 18.6 Å². The average Bonchev–Trinajstić information content (AvgIpc) is 3.13. The minimum atomic E-state index is -0.507. The summed E-state index contributed by atoms with van der Waals surface area (Å²) in [4.78, 5) is 25.9. The number of hydrogen-bond donors (Lipinski definition) is 1. The number of carbonyl (C=O) groups excluding carboxylic acids is 2. The normalized spacial score (nSPS) is 39.5. The first-order valence-corrected chi connectivity index (χ1v) is 6.53. The van der Waals surface area contributed by atoms with Crippen LogP contribution in [0.15, 0.2) is 12.2 Å². The van der Waals surface area contributed by atoms with Crippen molar-refractivity contribution in [2.75, 3.05) is 26.4 Å². The lowest BCUT2D eigenvalue weighted by atomic mass is 9.77. The summed E-state index contributed by atoms with van der Waals surface area (Å²) in [6.45, 7) is 2.42. The number of ether oxygens (including phenoxy) is 2. The zero-order chi connectivity index (χ0) is 13.6. The third-order valence-corrected chi connectivity index (χ3v) is 4.09. The summed E-state index contributed by atoms with van der Waals surface area (Å²) in [7, 11) is 0. The third kappa shape index (κ3) is 1.74. The van der Waals surface area contributed by atoms with E-state index in [0.717, 1.165) is 0 Å². The average molecular weight is 267 g/mol. The molecule has 2 fully saturated rings. The van der Waals surface area contributed by atoms with E-state index in [1.807, 2.05) is 6.08 Å². The monoisotopic (exact) mass is 267 g/mol. The number of carbonyl (C=O) groups is 2. The highest BCUT2D eigenvalue weighted by atomic mass is 16.6. The summed E-state index contributed by atoms with van der Waals surface area (Å²) in [5.74, 6) is -1.04. The minimum absolute atomic E-state index is 0.0668. The van der Waals surface area contributed by atoms with Crippen molar-refractivity contribution in [1.29, 1.82) is 0 Å². The van der Waals surface area contributed by atoms with Crippen LogP contribution in [0.2, 0.25) is 0 Å². The SMILES string of the molecule is CC1C(=O)N(CCOCCO)C(=O)C2C=CC23OC13. The number of aliphatic hydroxyl groups excluding tert-OH is 1. The zero-order valence-corrected chi connectivity index (χ0v) is 10.7. The highest BCUT2D eigenvalue weighted by molar-refractivity contribution is 6.02. The molecule has 6 nitrogen and oxygen atoms in total. The Hall–Kier alpha value is -1.24. The van der Waals surface area contributed by atoms with E-state index in [4.69, 9.17) is 14.6 Å². The summed E-state index contributed by atoms with van der Waals surface area (Å²) in [6, 6.07) is 0. The Morgan fingerprint density at radius 3 is 2.84 bits per heavy atom. The van der Waals surface area contributed by atoms with Crippen LogP contribution in [-0.2, 0) is 19.1 Å². The lowest BCUT2D eigenvalue weighted by Gasteiger charge is -2.28. The van der Waals surface area contributed by atoms with Gasteiger partial charge in [-0.3, -0.25) is 14.5 Å². The summed E-state index contributed by atoms with van der Waals surface area (Å²) in [6.07, 6.45) is 3.52. The number of hydrogen-bond acceptors (Lipinski definition) is 5. The van der Waals surface area contributed by atoms with E-state index in [2.05, 4.69) is 0 Å². The molecule has 19 heavy (non-hydrogen) atoms. The molecule has 0 aromatic rings. The fraction of sp³-hybridized carbons (Fsp3) is 0.692. The summed E-state index contributed by atoms with van der Waals surface area (Å²) in [5, 5.41) is 8.62. The van der Waals surface area contributed by atoms with Crippen LogP contribution in [0, 0.1) is 11.8 Å². The third-order valence-electron chi connectivity index (χ3n) is 4.09. The van der Waals surface area contributed by atoms with Gasteiger partial charge >= 0.3 is 0 Å². The number of epoxide rings is 1. The minimum Gasteiger partial charge on any atom is -0.394 e. The molecule has 0 aromatic carbocycles. The Labute approximate surface area is 111 Å². The second-order valence-corrected chi connectivity index (χ2v) is 5.18. The predicted molar refractivity (Wildman–Crippen MR) is 64.0 cm³/mol. The van der Waals surface area contributed by atoms with Gasteiger partial charge in [-0.05, 0) is 0 Å². The molecule has 0 bridgehead atoms. The lowest BCUT2D eigenvalue weighted by Crippen LogP contribution is -2.47. The molecule has 2 heterocycles. The Kier molecular flexibility index (Phi) is 2.96. The van der Waals surface area contributed by atoms with Gasteiger partial charge in [-0.2, -0.15) is 0 Å². The Balaban J connectivity index is 1.71. The predicted octanol–water partition coefficient (Wildman–Crippen LogP) is -0.676. The van der Waals surface area contributed by atoms with Crippen LogP contribution in [0.3, 0.4) is 0 Å². The quantitative estimate of drug-likeness (QED) is 0.309. The number of likely N-dealkylation sites (tertiary alicyclic amines) is 1. The molecule has 4 unspecified atom stereocenters. The van der Waals surface area contributed by atoms with Crippen molar-refractivity contribution in [1.82, 2.24) is 4.90 Å². The van der Waals surface area contributed by atoms with Gasteiger partial charge in [-0.15, -0.1) is 0 Å². The number of aliphatic hydroxyl groups is 1. The van der Waals surface area contributed by atoms with Crippen molar-refractivity contribution >= 4 is 11.8 Å². The second-order valence-electron chi connectivity index (χ2n) is 5.18. The maximum absolute atomic E-state index is 12.3. The van der Waals surface area contributed by atoms with Crippen LogP contribution in [0.25, 0.3) is 0 Å². The van der Waals surface area contributed by atoms with Gasteiger partial charge in [0.2, 0.25) is 11.8 Å². The van der Waals surface area contributed by atoms with E-state index in [1.54, 1.807) is 13.0 Å². The van der Waals surface area contributed by atoms with Gasteiger partial charge < -0.3 is 14.6 Å².